The van der Waals surface area contributed by atoms with E-state index in [1.807, 2.05) is 11.8 Å². The Morgan fingerprint density at radius 3 is 2.67 bits per heavy atom. The van der Waals surface area contributed by atoms with Crippen molar-refractivity contribution < 1.29 is 9.59 Å². The van der Waals surface area contributed by atoms with Gasteiger partial charge in [0.05, 0.1) is 6.04 Å². The van der Waals surface area contributed by atoms with E-state index in [1.165, 1.54) is 0 Å². The molecule has 0 bridgehead atoms. The first-order chi connectivity index (χ1) is 7.22. The average Bonchev–Trinajstić information content (AvgIpc) is 2.57. The lowest BCUT2D eigenvalue weighted by molar-refractivity contribution is -0.137. The number of hydrogen-bond donors (Lipinski definition) is 2. The monoisotopic (exact) mass is 211 g/mol. The Hall–Kier alpha value is -1.10. The van der Waals surface area contributed by atoms with Crippen molar-refractivity contribution in [3.63, 3.8) is 0 Å². The quantitative estimate of drug-likeness (QED) is 0.635. The van der Waals surface area contributed by atoms with E-state index < -0.39 is 0 Å². The normalized spacial score (nSPS) is 25.9. The molecular formula is C10H17N3O2. The Morgan fingerprint density at radius 2 is 2.27 bits per heavy atom. The lowest BCUT2D eigenvalue weighted by Gasteiger charge is -2.38. The molecule has 15 heavy (non-hydrogen) atoms. The molecule has 2 amide bonds. The van der Waals surface area contributed by atoms with Gasteiger partial charge in [0.25, 0.3) is 0 Å². The first kappa shape index (κ1) is 10.4. The molecule has 2 fully saturated rings. The molecule has 0 aromatic heterocycles. The van der Waals surface area contributed by atoms with E-state index >= 15 is 0 Å². The summed E-state index contributed by atoms with van der Waals surface area (Å²) in [5.74, 6) is 0.0750. The van der Waals surface area contributed by atoms with Crippen LogP contribution in [-0.2, 0) is 9.59 Å². The Morgan fingerprint density at radius 1 is 1.53 bits per heavy atom. The topological polar surface area (TPSA) is 61.4 Å². The third-order valence-corrected chi connectivity index (χ3v) is 3.12. The minimum Gasteiger partial charge on any atom is -0.344 e. The van der Waals surface area contributed by atoms with Crippen LogP contribution < -0.4 is 10.6 Å². The van der Waals surface area contributed by atoms with Gasteiger partial charge >= 0.3 is 0 Å². The van der Waals surface area contributed by atoms with Gasteiger partial charge in [0.1, 0.15) is 6.04 Å². The van der Waals surface area contributed by atoms with Crippen LogP contribution in [0.2, 0.25) is 0 Å². The summed E-state index contributed by atoms with van der Waals surface area (Å²) in [7, 11) is 0. The zero-order valence-electron chi connectivity index (χ0n) is 8.95. The highest BCUT2D eigenvalue weighted by Crippen LogP contribution is 2.13. The molecule has 0 aliphatic carbocycles. The molecule has 0 saturated carbocycles. The smallest absolute Gasteiger partial charge is 0.245 e. The van der Waals surface area contributed by atoms with Gasteiger partial charge < -0.3 is 15.5 Å². The summed E-state index contributed by atoms with van der Waals surface area (Å²) in [6.45, 7) is 4.45. The lowest BCUT2D eigenvalue weighted by Crippen LogP contribution is -2.61. The van der Waals surface area contributed by atoms with Gasteiger partial charge in [-0.1, -0.05) is 0 Å². The van der Waals surface area contributed by atoms with Gasteiger partial charge in [-0.05, 0) is 13.3 Å². The fourth-order valence-corrected chi connectivity index (χ4v) is 2.09. The molecule has 0 unspecified atom stereocenters. The van der Waals surface area contributed by atoms with Gasteiger partial charge in [0, 0.05) is 26.1 Å². The van der Waals surface area contributed by atoms with Crippen molar-refractivity contribution in [2.75, 3.05) is 19.6 Å². The van der Waals surface area contributed by atoms with Gasteiger partial charge in [-0.2, -0.15) is 0 Å². The van der Waals surface area contributed by atoms with Crippen LogP contribution in [0.15, 0.2) is 0 Å². The van der Waals surface area contributed by atoms with E-state index in [2.05, 4.69) is 10.6 Å². The molecule has 2 aliphatic heterocycles. The molecular weight excluding hydrogens is 194 g/mol. The Bertz CT molecular complexity index is 276. The van der Waals surface area contributed by atoms with Gasteiger partial charge in [-0.25, -0.2) is 0 Å². The number of carbonyl (C=O) groups is 2. The standard InChI is InChI=1S/C10H17N3O2/c1-2-13(7-5-11-6-7)10(15)8-3-4-9(14)12-8/h7-8,11H,2-6H2,1H3,(H,12,14)/t8-/m0/s1. The summed E-state index contributed by atoms with van der Waals surface area (Å²) in [6, 6.07) is 0.0399. The Labute approximate surface area is 89.2 Å². The minimum atomic E-state index is -0.280. The molecule has 5 nitrogen and oxygen atoms in total. The Balaban J connectivity index is 1.95. The summed E-state index contributed by atoms with van der Waals surface area (Å²) < 4.78 is 0. The summed E-state index contributed by atoms with van der Waals surface area (Å²) >= 11 is 0. The van der Waals surface area contributed by atoms with E-state index in [-0.39, 0.29) is 17.9 Å². The average molecular weight is 211 g/mol. The molecule has 2 saturated heterocycles. The van der Waals surface area contributed by atoms with Crippen LogP contribution >= 0.6 is 0 Å². The van der Waals surface area contributed by atoms with Crippen LogP contribution in [-0.4, -0.2) is 48.4 Å². The molecule has 1 atom stereocenters. The van der Waals surface area contributed by atoms with E-state index in [9.17, 15) is 9.59 Å². The van der Waals surface area contributed by atoms with Gasteiger partial charge in [-0.3, -0.25) is 9.59 Å². The number of hydrogen-bond acceptors (Lipinski definition) is 3. The fraction of sp³-hybridized carbons (Fsp3) is 0.800. The predicted octanol–water partition coefficient (Wildman–Crippen LogP) is -0.915. The van der Waals surface area contributed by atoms with Crippen molar-refractivity contribution in [3.8, 4) is 0 Å². The summed E-state index contributed by atoms with van der Waals surface area (Å²) in [5, 5.41) is 5.87. The number of nitrogens with zero attached hydrogens (tertiary/aromatic N) is 1. The van der Waals surface area contributed by atoms with E-state index in [0.717, 1.165) is 19.6 Å². The molecule has 0 radical (unpaired) electrons. The minimum absolute atomic E-state index is 0.00358. The zero-order valence-corrected chi connectivity index (χ0v) is 8.95. The zero-order chi connectivity index (χ0) is 10.8. The fourth-order valence-electron chi connectivity index (χ4n) is 2.09. The molecule has 0 aromatic rings. The van der Waals surface area contributed by atoms with Crippen LogP contribution in [0.4, 0.5) is 0 Å². The third kappa shape index (κ3) is 1.97. The van der Waals surface area contributed by atoms with Gasteiger partial charge in [-0.15, -0.1) is 0 Å². The third-order valence-electron chi connectivity index (χ3n) is 3.12. The van der Waals surface area contributed by atoms with Gasteiger partial charge in [0.2, 0.25) is 11.8 Å². The number of likely N-dealkylation sites (N-methyl/N-ethyl adjacent to an activating group) is 1. The van der Waals surface area contributed by atoms with Crippen molar-refractivity contribution in [3.05, 3.63) is 0 Å². The molecule has 2 rings (SSSR count). The second kappa shape index (κ2) is 4.18. The largest absolute Gasteiger partial charge is 0.344 e. The molecule has 2 N–H and O–H groups in total. The second-order valence-corrected chi connectivity index (χ2v) is 4.10. The molecule has 0 aromatic carbocycles. The Kier molecular flexibility index (Phi) is 2.90. The summed E-state index contributed by atoms with van der Waals surface area (Å²) in [4.78, 5) is 24.9. The highest BCUT2D eigenvalue weighted by molar-refractivity contribution is 5.91. The van der Waals surface area contributed by atoms with E-state index in [4.69, 9.17) is 0 Å². The summed E-state index contributed by atoms with van der Waals surface area (Å²) in [5.41, 5.74) is 0. The van der Waals surface area contributed by atoms with Crippen LogP contribution in [0.25, 0.3) is 0 Å². The van der Waals surface area contributed by atoms with E-state index in [0.29, 0.717) is 18.9 Å². The highest BCUT2D eigenvalue weighted by Gasteiger charge is 2.34. The van der Waals surface area contributed by atoms with Crippen molar-refractivity contribution in [1.29, 1.82) is 0 Å². The van der Waals surface area contributed by atoms with Crippen LogP contribution in [0, 0.1) is 0 Å². The van der Waals surface area contributed by atoms with Crippen molar-refractivity contribution in [2.45, 2.75) is 31.8 Å². The number of rotatable bonds is 3. The predicted molar refractivity (Wildman–Crippen MR) is 55.2 cm³/mol. The first-order valence-electron chi connectivity index (χ1n) is 5.53. The molecule has 2 heterocycles. The maximum atomic E-state index is 12.0. The van der Waals surface area contributed by atoms with Crippen LogP contribution in [0.5, 0.6) is 0 Å². The van der Waals surface area contributed by atoms with Crippen molar-refractivity contribution in [2.24, 2.45) is 0 Å². The maximum absolute atomic E-state index is 12.0. The number of carbonyl (C=O) groups excluding carboxylic acids is 2. The number of nitrogens with one attached hydrogen (secondary N) is 2. The SMILES string of the molecule is CCN(C(=O)[C@@H]1CCC(=O)N1)C1CNC1. The molecule has 2 aliphatic rings. The maximum Gasteiger partial charge on any atom is 0.245 e. The highest BCUT2D eigenvalue weighted by atomic mass is 16.2. The lowest BCUT2D eigenvalue weighted by atomic mass is 10.1. The first-order valence-corrected chi connectivity index (χ1v) is 5.53. The van der Waals surface area contributed by atoms with Crippen molar-refractivity contribution >= 4 is 11.8 Å². The second-order valence-electron chi connectivity index (χ2n) is 4.10. The van der Waals surface area contributed by atoms with Crippen LogP contribution in [0.3, 0.4) is 0 Å². The number of amides is 2. The summed E-state index contributed by atoms with van der Waals surface area (Å²) in [6.07, 6.45) is 1.13. The van der Waals surface area contributed by atoms with Crippen molar-refractivity contribution in [1.82, 2.24) is 15.5 Å². The molecule has 5 heteroatoms. The van der Waals surface area contributed by atoms with Crippen LogP contribution in [0.1, 0.15) is 19.8 Å². The molecule has 84 valence electrons. The molecule has 0 spiro atoms. The van der Waals surface area contributed by atoms with Gasteiger partial charge in [0.15, 0.2) is 0 Å². The van der Waals surface area contributed by atoms with E-state index in [1.54, 1.807) is 0 Å².